The number of halogens is 1. The molecule has 2 aromatic carbocycles. The second-order valence-electron chi connectivity index (χ2n) is 14.1. The molecule has 9 nitrogen and oxygen atoms in total. The van der Waals surface area contributed by atoms with E-state index < -0.39 is 21.2 Å². The maximum Gasteiger partial charge on any atom is 0.264 e. The van der Waals surface area contributed by atoms with Gasteiger partial charge in [0.2, 0.25) is 10.0 Å². The van der Waals surface area contributed by atoms with E-state index in [1.165, 1.54) is 11.1 Å². The van der Waals surface area contributed by atoms with Crippen molar-refractivity contribution in [3.63, 3.8) is 0 Å². The number of methoxy groups -OCH3 is 2. The second kappa shape index (κ2) is 15.1. The van der Waals surface area contributed by atoms with Crippen LogP contribution < -0.4 is 14.4 Å². The van der Waals surface area contributed by atoms with Crippen molar-refractivity contribution >= 4 is 33.2 Å². The molecule has 48 heavy (non-hydrogen) atoms. The van der Waals surface area contributed by atoms with Crippen LogP contribution in [0.25, 0.3) is 0 Å². The zero-order chi connectivity index (χ0) is 33.9. The second-order valence-corrected chi connectivity index (χ2v) is 16.4. The number of anilines is 1. The third-order valence-corrected chi connectivity index (χ3v) is 13.2. The molecule has 1 fully saturated rings. The molecule has 4 aliphatic rings. The fraction of sp³-hybridized carbons (Fsp3) is 0.595. The van der Waals surface area contributed by atoms with Gasteiger partial charge in [0.15, 0.2) is 0 Å². The normalized spacial score (nSPS) is 30.6. The average molecular weight is 701 g/mol. The zero-order valence-corrected chi connectivity index (χ0v) is 29.9. The topological polar surface area (TPSA) is 103 Å². The largest absolute Gasteiger partial charge is 0.490 e. The molecule has 2 aliphatic carbocycles. The predicted molar refractivity (Wildman–Crippen MR) is 188 cm³/mol. The Bertz CT molecular complexity index is 1600. The predicted octanol–water partition coefficient (Wildman–Crippen LogP) is 5.93. The van der Waals surface area contributed by atoms with Gasteiger partial charge in [0.05, 0.1) is 36.9 Å². The van der Waals surface area contributed by atoms with E-state index in [0.29, 0.717) is 50.4 Å². The molecule has 6 rings (SSSR count). The van der Waals surface area contributed by atoms with Crippen LogP contribution >= 0.6 is 11.6 Å². The summed E-state index contributed by atoms with van der Waals surface area (Å²) in [7, 11) is -0.803. The molecule has 0 unspecified atom stereocenters. The molecule has 0 saturated heterocycles. The number of sulfonamides is 1. The van der Waals surface area contributed by atoms with E-state index in [1.54, 1.807) is 20.3 Å². The van der Waals surface area contributed by atoms with Crippen LogP contribution in [-0.2, 0) is 36.1 Å². The Labute approximate surface area is 290 Å². The Balaban J connectivity index is 1.41. The van der Waals surface area contributed by atoms with Gasteiger partial charge in [-0.25, -0.2) is 13.1 Å². The van der Waals surface area contributed by atoms with Gasteiger partial charge >= 0.3 is 0 Å². The molecule has 11 heteroatoms. The van der Waals surface area contributed by atoms with Crippen molar-refractivity contribution in [2.75, 3.05) is 58.6 Å². The van der Waals surface area contributed by atoms with E-state index in [0.717, 1.165) is 49.4 Å². The molecule has 262 valence electrons. The molecule has 0 aromatic heterocycles. The molecule has 2 aromatic rings. The van der Waals surface area contributed by atoms with Crippen molar-refractivity contribution in [1.82, 2.24) is 4.72 Å². The van der Waals surface area contributed by atoms with Crippen LogP contribution in [0.4, 0.5) is 5.69 Å². The van der Waals surface area contributed by atoms with Crippen LogP contribution in [0, 0.1) is 17.8 Å². The first-order chi connectivity index (χ1) is 23.1. The first kappa shape index (κ1) is 35.2. The molecular weight excluding hydrogens is 652 g/mol. The number of carbonyl (C=O) groups is 1. The summed E-state index contributed by atoms with van der Waals surface area (Å²) in [6.45, 7) is 5.14. The molecule has 2 bridgehead atoms. The van der Waals surface area contributed by atoms with Crippen LogP contribution in [0.5, 0.6) is 5.75 Å². The number of aryl methyl sites for hydroxylation is 1. The smallest absolute Gasteiger partial charge is 0.264 e. The fourth-order valence-corrected chi connectivity index (χ4v) is 10.1. The number of hydrogen-bond donors (Lipinski definition) is 1. The van der Waals surface area contributed by atoms with Crippen molar-refractivity contribution < 1.29 is 32.2 Å². The standard InChI is InChI=1S/C37H49ClN2O7S/c1-25-6-4-8-33(46-19-18-45-3)30-12-9-28(30)22-40-23-37(16-5-7-26-20-29(38)11-13-31(26)37)24-47-34-14-10-27(21-32(34)40)36(41)39-48(42,43)35(25)15-17-44-2/h4,8,10-11,13-14,20-21,25,28,30,33,35H,5-7,9,12,15-19,22-24H2,1-3H3,(H,39,41)/b8-4+/t25-,28-,30+,33-,35+,37-/m0/s1. The summed E-state index contributed by atoms with van der Waals surface area (Å²) < 4.78 is 53.6. The lowest BCUT2D eigenvalue weighted by Crippen LogP contribution is -2.49. The molecule has 1 spiro atoms. The molecule has 2 heterocycles. The Morgan fingerprint density at radius 1 is 1.08 bits per heavy atom. The fourth-order valence-electron chi connectivity index (χ4n) is 8.20. The van der Waals surface area contributed by atoms with Crippen molar-refractivity contribution in [1.29, 1.82) is 0 Å². The molecular formula is C37H49ClN2O7S. The van der Waals surface area contributed by atoms with Crippen LogP contribution in [0.2, 0.25) is 5.02 Å². The SMILES string of the molecule is COCCO[C@H]1/C=C/C[C@H](C)[C@@H](CCOC)S(=O)(=O)NC(=O)c2ccc3c(c2)N(C[C@@H]2CC[C@H]21)C[C@@]1(CCCc2cc(Cl)ccc21)CO3. The minimum Gasteiger partial charge on any atom is -0.490 e. The Morgan fingerprint density at radius 3 is 2.69 bits per heavy atom. The van der Waals surface area contributed by atoms with E-state index in [9.17, 15) is 13.2 Å². The van der Waals surface area contributed by atoms with E-state index in [1.807, 2.05) is 25.1 Å². The minimum absolute atomic E-state index is 0.117. The van der Waals surface area contributed by atoms with E-state index in [-0.39, 0.29) is 36.0 Å². The number of benzene rings is 2. The summed E-state index contributed by atoms with van der Waals surface area (Å²) in [5.74, 6) is 0.452. The van der Waals surface area contributed by atoms with Crippen LogP contribution in [-0.4, -0.2) is 79.4 Å². The summed E-state index contributed by atoms with van der Waals surface area (Å²) in [6.07, 6.45) is 9.94. The minimum atomic E-state index is -4.03. The molecule has 1 saturated carbocycles. The average Bonchev–Trinajstić information content (AvgIpc) is 3.19. The number of fused-ring (bicyclic) bond motifs is 4. The molecule has 0 radical (unpaired) electrons. The molecule has 1 amide bonds. The van der Waals surface area contributed by atoms with E-state index in [4.69, 9.17) is 30.5 Å². The summed E-state index contributed by atoms with van der Waals surface area (Å²) >= 11 is 6.45. The lowest BCUT2D eigenvalue weighted by Gasteiger charge is -2.46. The van der Waals surface area contributed by atoms with Crippen molar-refractivity contribution in [2.45, 2.75) is 68.6 Å². The van der Waals surface area contributed by atoms with Gasteiger partial charge in [-0.3, -0.25) is 4.79 Å². The zero-order valence-electron chi connectivity index (χ0n) is 28.3. The summed E-state index contributed by atoms with van der Waals surface area (Å²) in [4.78, 5) is 16.1. The lowest BCUT2D eigenvalue weighted by molar-refractivity contribution is -0.0309. The monoisotopic (exact) mass is 700 g/mol. The molecule has 6 atom stereocenters. The number of carbonyl (C=O) groups excluding carboxylic acids is 1. The van der Waals surface area contributed by atoms with Gasteiger partial charge in [0.25, 0.3) is 5.91 Å². The van der Waals surface area contributed by atoms with Gasteiger partial charge in [0.1, 0.15) is 5.75 Å². The van der Waals surface area contributed by atoms with Gasteiger partial charge < -0.3 is 23.8 Å². The van der Waals surface area contributed by atoms with Crippen LogP contribution in [0.15, 0.2) is 48.6 Å². The van der Waals surface area contributed by atoms with Gasteiger partial charge in [-0.05, 0) is 104 Å². The highest BCUT2D eigenvalue weighted by Crippen LogP contribution is 2.47. The first-order valence-corrected chi connectivity index (χ1v) is 19.2. The number of nitrogens with one attached hydrogen (secondary N) is 1. The van der Waals surface area contributed by atoms with Gasteiger partial charge in [-0.15, -0.1) is 0 Å². The van der Waals surface area contributed by atoms with Crippen molar-refractivity contribution in [3.8, 4) is 5.75 Å². The number of hydrogen-bond acceptors (Lipinski definition) is 8. The van der Waals surface area contributed by atoms with Gasteiger partial charge in [-0.1, -0.05) is 36.7 Å². The lowest BCUT2D eigenvalue weighted by atomic mass is 9.68. The van der Waals surface area contributed by atoms with Crippen LogP contribution in [0.3, 0.4) is 0 Å². The number of allylic oxidation sites excluding steroid dienone is 1. The highest BCUT2D eigenvalue weighted by Gasteiger charge is 2.44. The highest BCUT2D eigenvalue weighted by atomic mass is 35.5. The van der Waals surface area contributed by atoms with E-state index >= 15 is 0 Å². The van der Waals surface area contributed by atoms with Gasteiger partial charge in [0, 0.05) is 49.9 Å². The van der Waals surface area contributed by atoms with Crippen LogP contribution in [0.1, 0.15) is 66.9 Å². The quantitative estimate of drug-likeness (QED) is 0.280. The Hall–Kier alpha value is -2.63. The first-order valence-electron chi connectivity index (χ1n) is 17.3. The number of amides is 1. The maximum atomic E-state index is 13.8. The van der Waals surface area contributed by atoms with Crippen molar-refractivity contribution in [2.24, 2.45) is 17.8 Å². The highest BCUT2D eigenvalue weighted by molar-refractivity contribution is 7.90. The third kappa shape index (κ3) is 7.43. The third-order valence-electron chi connectivity index (χ3n) is 11.0. The number of ether oxygens (including phenoxy) is 4. The van der Waals surface area contributed by atoms with E-state index in [2.05, 4.69) is 33.9 Å². The number of rotatable bonds is 7. The molecule has 2 aliphatic heterocycles. The summed E-state index contributed by atoms with van der Waals surface area (Å²) in [6, 6.07) is 11.5. The Kier molecular flexibility index (Phi) is 11.1. The Morgan fingerprint density at radius 2 is 1.92 bits per heavy atom. The maximum absolute atomic E-state index is 13.8. The number of nitrogens with zero attached hydrogens (tertiary/aromatic N) is 1. The van der Waals surface area contributed by atoms with Gasteiger partial charge in [-0.2, -0.15) is 0 Å². The summed E-state index contributed by atoms with van der Waals surface area (Å²) in [5.41, 5.74) is 3.37. The van der Waals surface area contributed by atoms with Crippen molar-refractivity contribution in [3.05, 3.63) is 70.3 Å². The summed E-state index contributed by atoms with van der Waals surface area (Å²) in [5, 5.41) is -0.0772. The molecule has 1 N–H and O–H groups in total.